The largest absolute Gasteiger partial charge is 1.00 e. The topological polar surface area (TPSA) is 82.4 Å². The van der Waals surface area contributed by atoms with Gasteiger partial charge in [0.05, 0.1) is 11.1 Å². The molecular formula is C26H20Br4N2O4. The summed E-state index contributed by atoms with van der Waals surface area (Å²) in [7, 11) is 0. The molecule has 0 saturated heterocycles. The van der Waals surface area contributed by atoms with Crippen LogP contribution in [-0.4, -0.2) is 21.8 Å². The van der Waals surface area contributed by atoms with Gasteiger partial charge in [0.2, 0.25) is 24.7 Å². The summed E-state index contributed by atoms with van der Waals surface area (Å²) in [6.07, 6.45) is 7.23. The van der Waals surface area contributed by atoms with Gasteiger partial charge in [0.25, 0.3) is 0 Å². The van der Waals surface area contributed by atoms with Crippen molar-refractivity contribution in [3.63, 3.8) is 0 Å². The minimum absolute atomic E-state index is 0. The number of benzene rings is 2. The highest BCUT2D eigenvalue weighted by molar-refractivity contribution is 9.10. The molecule has 0 amide bonds. The van der Waals surface area contributed by atoms with Crippen molar-refractivity contribution < 1.29 is 62.9 Å². The molecule has 2 aromatic heterocycles. The molecule has 2 heterocycles. The summed E-state index contributed by atoms with van der Waals surface area (Å²) >= 11 is 6.64. The van der Waals surface area contributed by atoms with Crippen molar-refractivity contribution >= 4 is 43.4 Å². The molecule has 0 radical (unpaired) electrons. The summed E-state index contributed by atoms with van der Waals surface area (Å²) in [6.45, 7) is 0.202. The number of phenols is 2. The van der Waals surface area contributed by atoms with Gasteiger partial charge in [-0.15, -0.1) is 0 Å². The first-order chi connectivity index (χ1) is 16.3. The molecule has 4 aromatic rings. The number of carbonyl (C=O) groups excluding carboxylic acids is 2. The average Bonchev–Trinajstić information content (AvgIpc) is 2.83. The summed E-state index contributed by atoms with van der Waals surface area (Å²) < 4.78 is 4.95. The van der Waals surface area contributed by atoms with Crippen LogP contribution in [0.1, 0.15) is 20.7 Å². The number of carbonyl (C=O) groups is 2. The third kappa shape index (κ3) is 7.32. The fraction of sp³-hybridized carbons (Fsp3) is 0.0769. The van der Waals surface area contributed by atoms with Crippen LogP contribution in [0.25, 0.3) is 11.1 Å². The molecule has 0 bridgehead atoms. The highest BCUT2D eigenvalue weighted by atomic mass is 79.9. The van der Waals surface area contributed by atoms with Crippen LogP contribution in [0.5, 0.6) is 11.5 Å². The van der Waals surface area contributed by atoms with E-state index in [0.29, 0.717) is 0 Å². The third-order valence-corrected chi connectivity index (χ3v) is 6.27. The molecule has 36 heavy (non-hydrogen) atoms. The molecule has 0 atom stereocenters. The number of phenolic OH excluding ortho intramolecular Hbond substituents is 2. The Morgan fingerprint density at radius 1 is 0.611 bits per heavy atom. The van der Waals surface area contributed by atoms with E-state index >= 15 is 0 Å². The molecule has 10 heteroatoms. The number of nitrogens with zero attached hydrogens (tertiary/aromatic N) is 2. The second kappa shape index (κ2) is 13.2. The Kier molecular flexibility index (Phi) is 11.0. The van der Waals surface area contributed by atoms with Gasteiger partial charge in [-0.25, -0.2) is 0 Å². The number of aromatic nitrogens is 2. The quantitative estimate of drug-likeness (QED) is 0.181. The SMILES string of the molecule is O=C(C[n+]1ccc(-c2cc[n+](CC(=O)c3cc(Br)ccc3O)cc2)cc1)c1cc(Br)ccc1O.[Br-].[Br-]. The van der Waals surface area contributed by atoms with Crippen molar-refractivity contribution in [1.29, 1.82) is 0 Å². The summed E-state index contributed by atoms with van der Waals surface area (Å²) in [4.78, 5) is 25.1. The molecule has 4 rings (SSSR count). The molecule has 186 valence electrons. The molecule has 0 aliphatic rings. The zero-order chi connectivity index (χ0) is 24.2. The van der Waals surface area contributed by atoms with Gasteiger partial charge in [0.15, 0.2) is 24.8 Å². The van der Waals surface area contributed by atoms with Gasteiger partial charge < -0.3 is 44.2 Å². The van der Waals surface area contributed by atoms with Crippen LogP contribution in [0.3, 0.4) is 0 Å². The maximum Gasteiger partial charge on any atom is 0.231 e. The van der Waals surface area contributed by atoms with Gasteiger partial charge in [-0.1, -0.05) is 31.9 Å². The molecule has 0 saturated carbocycles. The van der Waals surface area contributed by atoms with Gasteiger partial charge in [-0.3, -0.25) is 9.59 Å². The Bertz CT molecular complexity index is 1270. The van der Waals surface area contributed by atoms with Crippen LogP contribution >= 0.6 is 31.9 Å². The van der Waals surface area contributed by atoms with Crippen molar-refractivity contribution in [3.8, 4) is 22.6 Å². The van der Waals surface area contributed by atoms with Gasteiger partial charge in [0, 0.05) is 33.2 Å². The van der Waals surface area contributed by atoms with Crippen molar-refractivity contribution in [2.24, 2.45) is 0 Å². The number of Topliss-reactive ketones (excluding diaryl/α,β-unsaturated/α-hetero) is 2. The molecule has 0 aliphatic carbocycles. The molecular weight excluding hydrogens is 724 g/mol. The Hall–Kier alpha value is -2.40. The van der Waals surface area contributed by atoms with Crippen LogP contribution in [0.4, 0.5) is 0 Å². The first-order valence-corrected chi connectivity index (χ1v) is 11.9. The number of ketones is 2. The Labute approximate surface area is 246 Å². The minimum atomic E-state index is -0.196. The molecule has 0 unspecified atom stereocenters. The number of hydrogen-bond acceptors (Lipinski definition) is 4. The lowest BCUT2D eigenvalue weighted by molar-refractivity contribution is -0.683. The second-order valence-corrected chi connectivity index (χ2v) is 9.52. The van der Waals surface area contributed by atoms with Crippen molar-refractivity contribution in [2.75, 3.05) is 0 Å². The highest BCUT2D eigenvalue weighted by Gasteiger charge is 2.18. The van der Waals surface area contributed by atoms with E-state index in [1.807, 2.05) is 49.1 Å². The van der Waals surface area contributed by atoms with E-state index in [-0.39, 0.29) is 81.2 Å². The van der Waals surface area contributed by atoms with E-state index in [0.717, 1.165) is 20.1 Å². The lowest BCUT2D eigenvalue weighted by Crippen LogP contribution is -3.00. The number of pyridine rings is 2. The molecule has 0 spiro atoms. The predicted molar refractivity (Wildman–Crippen MR) is 133 cm³/mol. The summed E-state index contributed by atoms with van der Waals surface area (Å²) in [5.74, 6) is -0.481. The first kappa shape index (κ1) is 29.8. The van der Waals surface area contributed by atoms with Crippen LogP contribution in [0.15, 0.2) is 94.4 Å². The van der Waals surface area contributed by atoms with E-state index in [4.69, 9.17) is 0 Å². The Balaban J connectivity index is 0.00000228. The molecule has 0 aliphatic heterocycles. The normalized spacial score (nSPS) is 10.2. The van der Waals surface area contributed by atoms with E-state index in [1.54, 1.807) is 33.4 Å². The lowest BCUT2D eigenvalue weighted by Gasteiger charge is -2.04. The van der Waals surface area contributed by atoms with Gasteiger partial charge in [0.1, 0.15) is 11.5 Å². The third-order valence-electron chi connectivity index (χ3n) is 5.29. The lowest BCUT2D eigenvalue weighted by atomic mass is 10.1. The number of hydrogen-bond donors (Lipinski definition) is 2. The number of rotatable bonds is 7. The fourth-order valence-corrected chi connectivity index (χ4v) is 4.20. The van der Waals surface area contributed by atoms with Gasteiger partial charge in [-0.2, -0.15) is 9.13 Å². The van der Waals surface area contributed by atoms with Crippen LogP contribution in [-0.2, 0) is 13.1 Å². The molecule has 2 N–H and O–H groups in total. The van der Waals surface area contributed by atoms with Crippen molar-refractivity contribution in [3.05, 3.63) is 106 Å². The standard InChI is InChI=1S/C26H18Br2N2O4.2BrH/c27-19-1-3-23(31)21(13-19)25(33)15-29-9-5-17(6-10-29)18-7-11-30(12-8-18)16-26(34)22-14-20(28)2-4-24(22)32;;/h1-14H,15-16H2;2*1H. The maximum absolute atomic E-state index is 12.6. The van der Waals surface area contributed by atoms with Crippen LogP contribution in [0, 0.1) is 0 Å². The zero-order valence-electron chi connectivity index (χ0n) is 18.6. The minimum Gasteiger partial charge on any atom is -1.00 e. The summed E-state index contributed by atoms with van der Waals surface area (Å²) in [5, 5.41) is 19.9. The van der Waals surface area contributed by atoms with Gasteiger partial charge in [-0.05, 0) is 47.5 Å². The van der Waals surface area contributed by atoms with E-state index < -0.39 is 0 Å². The summed E-state index contributed by atoms with van der Waals surface area (Å²) in [5.41, 5.74) is 2.45. The molecule has 6 nitrogen and oxygen atoms in total. The molecule has 0 fully saturated rings. The second-order valence-electron chi connectivity index (χ2n) is 7.69. The Morgan fingerprint density at radius 2 is 0.944 bits per heavy atom. The first-order valence-electron chi connectivity index (χ1n) is 10.3. The number of aromatic hydroxyl groups is 2. The van der Waals surface area contributed by atoms with Crippen molar-refractivity contribution in [2.45, 2.75) is 13.1 Å². The molecule has 2 aromatic carbocycles. The van der Waals surface area contributed by atoms with E-state index in [1.165, 1.54) is 12.1 Å². The average molecular weight is 744 g/mol. The van der Waals surface area contributed by atoms with Gasteiger partial charge >= 0.3 is 0 Å². The highest BCUT2D eigenvalue weighted by Crippen LogP contribution is 2.23. The zero-order valence-corrected chi connectivity index (χ0v) is 25.0. The summed E-state index contributed by atoms with van der Waals surface area (Å²) in [6, 6.07) is 17.1. The van der Waals surface area contributed by atoms with E-state index in [9.17, 15) is 19.8 Å². The van der Waals surface area contributed by atoms with Crippen LogP contribution < -0.4 is 43.1 Å². The predicted octanol–water partition coefficient (Wildman–Crippen LogP) is -1.36. The maximum atomic E-state index is 12.6. The van der Waals surface area contributed by atoms with Crippen molar-refractivity contribution in [1.82, 2.24) is 0 Å². The smallest absolute Gasteiger partial charge is 0.231 e. The monoisotopic (exact) mass is 740 g/mol. The van der Waals surface area contributed by atoms with E-state index in [2.05, 4.69) is 31.9 Å². The Morgan fingerprint density at radius 3 is 1.28 bits per heavy atom. The fourth-order valence-electron chi connectivity index (χ4n) is 3.48. The van der Waals surface area contributed by atoms with Crippen LogP contribution in [0.2, 0.25) is 0 Å². The number of halogens is 4.